The summed E-state index contributed by atoms with van der Waals surface area (Å²) in [6, 6.07) is 14.9. The van der Waals surface area contributed by atoms with Crippen molar-refractivity contribution in [3.63, 3.8) is 0 Å². The lowest BCUT2D eigenvalue weighted by atomic mass is 10.00. The Bertz CT molecular complexity index is 575. The van der Waals surface area contributed by atoms with Crippen LogP contribution in [0.1, 0.15) is 24.4 Å². The second-order valence-corrected chi connectivity index (χ2v) is 5.71. The third-order valence-corrected chi connectivity index (χ3v) is 4.37. The van der Waals surface area contributed by atoms with E-state index in [1.165, 1.54) is 24.0 Å². The Labute approximate surface area is 135 Å². The van der Waals surface area contributed by atoms with Gasteiger partial charge in [0, 0.05) is 6.04 Å². The van der Waals surface area contributed by atoms with Crippen LogP contribution in [0.25, 0.3) is 11.1 Å². The standard InChI is InChI=1S/C16H15Cl2N.ClH/c17-14-8-7-13(10-15(14)18)11-3-5-12(6-4-11)16-2-1-9-19-16;/h3-8,10,16,19H,1-2,9H2;1H. The Hall–Kier alpha value is -0.730. The van der Waals surface area contributed by atoms with Gasteiger partial charge in [0.1, 0.15) is 0 Å². The summed E-state index contributed by atoms with van der Waals surface area (Å²) < 4.78 is 0. The van der Waals surface area contributed by atoms with Gasteiger partial charge in [0.15, 0.2) is 0 Å². The van der Waals surface area contributed by atoms with Gasteiger partial charge in [0.25, 0.3) is 0 Å². The van der Waals surface area contributed by atoms with Gasteiger partial charge in [-0.3, -0.25) is 0 Å². The van der Waals surface area contributed by atoms with Gasteiger partial charge < -0.3 is 5.32 Å². The summed E-state index contributed by atoms with van der Waals surface area (Å²) in [5, 5.41) is 4.70. The molecular weight excluding hydrogens is 313 g/mol. The fourth-order valence-corrected chi connectivity index (χ4v) is 2.85. The summed E-state index contributed by atoms with van der Waals surface area (Å²) in [5.74, 6) is 0. The van der Waals surface area contributed by atoms with Crippen LogP contribution >= 0.6 is 35.6 Å². The molecular formula is C16H16Cl3N. The van der Waals surface area contributed by atoms with Gasteiger partial charge in [-0.15, -0.1) is 12.4 Å². The molecule has 1 aliphatic rings. The molecule has 1 fully saturated rings. The van der Waals surface area contributed by atoms with Crippen molar-refractivity contribution in [2.75, 3.05) is 6.54 Å². The minimum atomic E-state index is 0. The van der Waals surface area contributed by atoms with Crippen molar-refractivity contribution < 1.29 is 0 Å². The van der Waals surface area contributed by atoms with Crippen LogP contribution in [0.15, 0.2) is 42.5 Å². The summed E-state index contributed by atoms with van der Waals surface area (Å²) in [7, 11) is 0. The number of nitrogens with one attached hydrogen (secondary N) is 1. The second-order valence-electron chi connectivity index (χ2n) is 4.90. The molecule has 1 heterocycles. The Morgan fingerprint density at radius 3 is 2.20 bits per heavy atom. The van der Waals surface area contributed by atoms with E-state index >= 15 is 0 Å². The van der Waals surface area contributed by atoms with E-state index in [1.807, 2.05) is 18.2 Å². The highest BCUT2D eigenvalue weighted by Crippen LogP contribution is 2.30. The van der Waals surface area contributed by atoms with Crippen LogP contribution in [0.5, 0.6) is 0 Å². The highest BCUT2D eigenvalue weighted by atomic mass is 35.5. The number of rotatable bonds is 2. The van der Waals surface area contributed by atoms with E-state index in [1.54, 1.807) is 0 Å². The van der Waals surface area contributed by atoms with Crippen LogP contribution in [-0.2, 0) is 0 Å². The summed E-state index contributed by atoms with van der Waals surface area (Å²) in [4.78, 5) is 0. The zero-order valence-electron chi connectivity index (χ0n) is 10.9. The molecule has 0 radical (unpaired) electrons. The maximum atomic E-state index is 6.06. The average Bonchev–Trinajstić information content (AvgIpc) is 2.96. The zero-order valence-corrected chi connectivity index (χ0v) is 13.2. The molecule has 3 rings (SSSR count). The Morgan fingerprint density at radius 1 is 0.900 bits per heavy atom. The lowest BCUT2D eigenvalue weighted by Crippen LogP contribution is -2.12. The average molecular weight is 329 g/mol. The third-order valence-electron chi connectivity index (χ3n) is 3.63. The minimum Gasteiger partial charge on any atom is -0.310 e. The largest absolute Gasteiger partial charge is 0.310 e. The fourth-order valence-electron chi connectivity index (χ4n) is 2.55. The molecule has 20 heavy (non-hydrogen) atoms. The fraction of sp³-hybridized carbons (Fsp3) is 0.250. The first kappa shape index (κ1) is 15.7. The van der Waals surface area contributed by atoms with Crippen LogP contribution in [0, 0.1) is 0 Å². The van der Waals surface area contributed by atoms with Crippen LogP contribution in [-0.4, -0.2) is 6.54 Å². The van der Waals surface area contributed by atoms with Crippen LogP contribution in [0.4, 0.5) is 0 Å². The van der Waals surface area contributed by atoms with E-state index in [4.69, 9.17) is 23.2 Å². The molecule has 0 aliphatic carbocycles. The minimum absolute atomic E-state index is 0. The van der Waals surface area contributed by atoms with Crippen molar-refractivity contribution in [3.05, 3.63) is 58.1 Å². The Morgan fingerprint density at radius 2 is 1.60 bits per heavy atom. The molecule has 2 aromatic rings. The zero-order chi connectivity index (χ0) is 13.2. The Kier molecular flexibility index (Phi) is 5.34. The molecule has 1 N–H and O–H groups in total. The predicted molar refractivity (Wildman–Crippen MR) is 89.1 cm³/mol. The van der Waals surface area contributed by atoms with Gasteiger partial charge in [-0.25, -0.2) is 0 Å². The van der Waals surface area contributed by atoms with Gasteiger partial charge in [-0.2, -0.15) is 0 Å². The lowest BCUT2D eigenvalue weighted by Gasteiger charge is -2.11. The lowest BCUT2D eigenvalue weighted by molar-refractivity contribution is 0.648. The van der Waals surface area contributed by atoms with Crippen LogP contribution in [0.2, 0.25) is 10.0 Å². The molecule has 2 aromatic carbocycles. The van der Waals surface area contributed by atoms with E-state index in [0.29, 0.717) is 16.1 Å². The van der Waals surface area contributed by atoms with Crippen molar-refractivity contribution in [3.8, 4) is 11.1 Å². The highest BCUT2D eigenvalue weighted by Gasteiger charge is 2.15. The van der Waals surface area contributed by atoms with Crippen LogP contribution in [0.3, 0.4) is 0 Å². The van der Waals surface area contributed by atoms with Gasteiger partial charge in [-0.05, 0) is 48.2 Å². The topological polar surface area (TPSA) is 12.0 Å². The first-order chi connectivity index (χ1) is 9.24. The molecule has 4 heteroatoms. The van der Waals surface area contributed by atoms with Crippen molar-refractivity contribution in [1.82, 2.24) is 5.32 Å². The second kappa shape index (κ2) is 6.82. The van der Waals surface area contributed by atoms with E-state index in [0.717, 1.165) is 12.1 Å². The molecule has 0 spiro atoms. The number of hydrogen-bond donors (Lipinski definition) is 1. The molecule has 1 saturated heterocycles. The highest BCUT2D eigenvalue weighted by molar-refractivity contribution is 6.42. The van der Waals surface area contributed by atoms with E-state index in [2.05, 4.69) is 29.6 Å². The number of hydrogen-bond acceptors (Lipinski definition) is 1. The molecule has 1 unspecified atom stereocenters. The molecule has 1 aliphatic heterocycles. The van der Waals surface area contributed by atoms with Crippen molar-refractivity contribution >= 4 is 35.6 Å². The molecule has 0 bridgehead atoms. The van der Waals surface area contributed by atoms with Gasteiger partial charge >= 0.3 is 0 Å². The van der Waals surface area contributed by atoms with Gasteiger partial charge in [0.05, 0.1) is 10.0 Å². The Balaban J connectivity index is 0.00000147. The summed E-state index contributed by atoms with van der Waals surface area (Å²) in [6.07, 6.45) is 2.49. The van der Waals surface area contributed by atoms with Crippen molar-refractivity contribution in [2.24, 2.45) is 0 Å². The summed E-state index contributed by atoms with van der Waals surface area (Å²) >= 11 is 12.0. The molecule has 106 valence electrons. The molecule has 0 amide bonds. The maximum Gasteiger partial charge on any atom is 0.0598 e. The maximum absolute atomic E-state index is 6.06. The van der Waals surface area contributed by atoms with Gasteiger partial charge in [0.2, 0.25) is 0 Å². The normalized spacial score (nSPS) is 17.8. The number of halogens is 3. The SMILES string of the molecule is Cl.Clc1ccc(-c2ccc(C3CCCN3)cc2)cc1Cl. The van der Waals surface area contributed by atoms with E-state index in [9.17, 15) is 0 Å². The third kappa shape index (κ3) is 3.29. The van der Waals surface area contributed by atoms with Crippen molar-refractivity contribution in [2.45, 2.75) is 18.9 Å². The van der Waals surface area contributed by atoms with Crippen LogP contribution < -0.4 is 5.32 Å². The monoisotopic (exact) mass is 327 g/mol. The first-order valence-electron chi connectivity index (χ1n) is 6.53. The van der Waals surface area contributed by atoms with Crippen molar-refractivity contribution in [1.29, 1.82) is 0 Å². The number of benzene rings is 2. The molecule has 1 nitrogen and oxygen atoms in total. The smallest absolute Gasteiger partial charge is 0.0598 e. The quantitative estimate of drug-likeness (QED) is 0.767. The molecule has 1 atom stereocenters. The van der Waals surface area contributed by atoms with E-state index in [-0.39, 0.29) is 12.4 Å². The molecule has 0 aromatic heterocycles. The van der Waals surface area contributed by atoms with Gasteiger partial charge in [-0.1, -0.05) is 53.5 Å². The predicted octanol–water partition coefficient (Wildman–Crippen LogP) is 5.51. The summed E-state index contributed by atoms with van der Waals surface area (Å²) in [5.41, 5.74) is 3.63. The molecule has 0 saturated carbocycles. The first-order valence-corrected chi connectivity index (χ1v) is 7.28. The summed E-state index contributed by atoms with van der Waals surface area (Å²) in [6.45, 7) is 1.12. The van der Waals surface area contributed by atoms with E-state index < -0.39 is 0 Å².